The Labute approximate surface area is 230 Å². The van der Waals surface area contributed by atoms with Crippen molar-refractivity contribution in [2.24, 2.45) is 5.92 Å². The van der Waals surface area contributed by atoms with Gasteiger partial charge in [0, 0.05) is 55.9 Å². The van der Waals surface area contributed by atoms with Crippen LogP contribution in [-0.4, -0.2) is 66.8 Å². The summed E-state index contributed by atoms with van der Waals surface area (Å²) in [6, 6.07) is 2.38. The zero-order valence-electron chi connectivity index (χ0n) is 22.0. The lowest BCUT2D eigenvalue weighted by Gasteiger charge is -2.45. The van der Waals surface area contributed by atoms with Crippen LogP contribution in [0.15, 0.2) is 30.9 Å². The first kappa shape index (κ1) is 24.5. The fourth-order valence-corrected chi connectivity index (χ4v) is 7.46. The average molecular weight is 545 g/mol. The van der Waals surface area contributed by atoms with E-state index in [4.69, 9.17) is 0 Å². The van der Waals surface area contributed by atoms with Crippen molar-refractivity contribution in [2.45, 2.75) is 58.0 Å². The van der Waals surface area contributed by atoms with Gasteiger partial charge in [0.15, 0.2) is 0 Å². The lowest BCUT2D eigenvalue weighted by atomic mass is 9.80. The van der Waals surface area contributed by atoms with E-state index in [1.54, 1.807) is 23.0 Å². The van der Waals surface area contributed by atoms with Crippen molar-refractivity contribution < 1.29 is 9.59 Å². The number of aryl methyl sites for hydroxylation is 2. The largest absolute Gasteiger partial charge is 0.351 e. The number of nitrogens with one attached hydrogen (secondary N) is 2. The quantitative estimate of drug-likeness (QED) is 0.367. The lowest BCUT2D eigenvalue weighted by Crippen LogP contribution is -2.50. The number of nitrogens with zero attached hydrogens (tertiary/aromatic N) is 6. The number of aromatic nitrogens is 5. The van der Waals surface area contributed by atoms with E-state index in [9.17, 15) is 9.59 Å². The Bertz CT molecular complexity index is 1560. The van der Waals surface area contributed by atoms with E-state index in [0.29, 0.717) is 35.1 Å². The SMILES string of the molecule is Cc1ncc(C(=O)NCCN2CC3CCC2CC3)cc1NC(=O)c1cnn2cc(-c3cnn4c3CCC4)sc12. The van der Waals surface area contributed by atoms with Gasteiger partial charge < -0.3 is 10.6 Å². The summed E-state index contributed by atoms with van der Waals surface area (Å²) in [7, 11) is 0. The van der Waals surface area contributed by atoms with Crippen LogP contribution in [-0.2, 0) is 13.0 Å². The van der Waals surface area contributed by atoms with Crippen LogP contribution < -0.4 is 10.6 Å². The molecule has 2 bridgehead atoms. The van der Waals surface area contributed by atoms with E-state index in [2.05, 4.69) is 35.4 Å². The summed E-state index contributed by atoms with van der Waals surface area (Å²) in [4.78, 5) is 34.9. The molecular formula is C28H32N8O2S. The summed E-state index contributed by atoms with van der Waals surface area (Å²) >= 11 is 1.53. The number of piperidine rings is 2. The standard InChI is InChI=1S/C28H32N8O2S/c1-17-23(11-19(12-30-17)26(37)29-8-10-34-15-18-4-6-20(34)7-5-18)33-27(38)22-14-32-36-16-25(39-28(22)36)21-13-31-35-9-2-3-24(21)35/h11-14,16,18,20H,2-10,15H2,1H3,(H,29,37)(H,33,38). The Balaban J connectivity index is 1.03. The fourth-order valence-electron chi connectivity index (χ4n) is 6.37. The van der Waals surface area contributed by atoms with Crippen LogP contribution in [0.2, 0.25) is 0 Å². The number of carbonyl (C=O) groups is 2. The molecule has 202 valence electrons. The first-order chi connectivity index (χ1) is 19.0. The summed E-state index contributed by atoms with van der Waals surface area (Å²) in [5, 5.41) is 14.9. The van der Waals surface area contributed by atoms with Gasteiger partial charge in [-0.05, 0) is 57.4 Å². The lowest BCUT2D eigenvalue weighted by molar-refractivity contribution is 0.0494. The van der Waals surface area contributed by atoms with Gasteiger partial charge in [0.05, 0.1) is 39.8 Å². The Kier molecular flexibility index (Phi) is 6.19. The van der Waals surface area contributed by atoms with Crippen molar-refractivity contribution in [3.63, 3.8) is 0 Å². The van der Waals surface area contributed by atoms with Gasteiger partial charge >= 0.3 is 0 Å². The van der Waals surface area contributed by atoms with Gasteiger partial charge in [-0.3, -0.25) is 24.2 Å². The molecule has 3 aliphatic heterocycles. The number of thiazole rings is 1. The first-order valence-electron chi connectivity index (χ1n) is 13.9. The van der Waals surface area contributed by atoms with Gasteiger partial charge in [-0.25, -0.2) is 4.52 Å². The maximum absolute atomic E-state index is 13.3. The summed E-state index contributed by atoms with van der Waals surface area (Å²) in [5.74, 6) is 0.369. The molecule has 10 nitrogen and oxygen atoms in total. The second-order valence-electron chi connectivity index (χ2n) is 11.0. The summed E-state index contributed by atoms with van der Waals surface area (Å²) in [6.07, 6.45) is 14.4. The molecule has 0 unspecified atom stereocenters. The number of carbonyl (C=O) groups excluding carboxylic acids is 2. The van der Waals surface area contributed by atoms with Crippen LogP contribution >= 0.6 is 11.3 Å². The van der Waals surface area contributed by atoms with Crippen molar-refractivity contribution in [3.05, 3.63) is 53.4 Å². The maximum Gasteiger partial charge on any atom is 0.260 e. The number of hydrogen-bond donors (Lipinski definition) is 2. The number of amides is 2. The molecule has 4 aromatic heterocycles. The predicted molar refractivity (Wildman–Crippen MR) is 149 cm³/mol. The van der Waals surface area contributed by atoms with E-state index in [1.807, 2.05) is 19.3 Å². The highest BCUT2D eigenvalue weighted by molar-refractivity contribution is 7.21. The maximum atomic E-state index is 13.3. The monoisotopic (exact) mass is 544 g/mol. The zero-order chi connectivity index (χ0) is 26.5. The number of pyridine rings is 1. The van der Waals surface area contributed by atoms with Gasteiger partial charge in [-0.15, -0.1) is 11.3 Å². The minimum atomic E-state index is -0.277. The molecule has 2 N–H and O–H groups in total. The van der Waals surface area contributed by atoms with Gasteiger partial charge in [0.2, 0.25) is 0 Å². The molecule has 0 atom stereocenters. The van der Waals surface area contributed by atoms with Crippen LogP contribution in [0.3, 0.4) is 0 Å². The van der Waals surface area contributed by atoms with E-state index >= 15 is 0 Å². The molecule has 2 saturated heterocycles. The van der Waals surface area contributed by atoms with E-state index in [0.717, 1.165) is 53.7 Å². The molecule has 7 heterocycles. The second kappa shape index (κ2) is 9.87. The van der Waals surface area contributed by atoms with E-state index in [1.165, 1.54) is 42.7 Å². The summed E-state index contributed by atoms with van der Waals surface area (Å²) in [5.41, 5.74) is 4.44. The third-order valence-corrected chi connectivity index (χ3v) is 9.69. The molecule has 8 rings (SSSR count). The van der Waals surface area contributed by atoms with E-state index in [-0.39, 0.29) is 11.8 Å². The molecule has 1 saturated carbocycles. The Morgan fingerprint density at radius 2 is 1.97 bits per heavy atom. The molecule has 1 aliphatic carbocycles. The molecule has 0 spiro atoms. The Morgan fingerprint density at radius 1 is 1.10 bits per heavy atom. The molecule has 11 heteroatoms. The highest BCUT2D eigenvalue weighted by Crippen LogP contribution is 2.35. The van der Waals surface area contributed by atoms with Crippen molar-refractivity contribution in [2.75, 3.05) is 25.0 Å². The Hall–Kier alpha value is -3.57. The summed E-state index contributed by atoms with van der Waals surface area (Å²) < 4.78 is 3.80. The molecule has 3 fully saturated rings. The predicted octanol–water partition coefficient (Wildman–Crippen LogP) is 3.77. The van der Waals surface area contributed by atoms with Crippen LogP contribution in [0.1, 0.15) is 64.2 Å². The normalized spacial score (nSPS) is 20.4. The van der Waals surface area contributed by atoms with Gasteiger partial charge in [-0.2, -0.15) is 10.2 Å². The number of hydrogen-bond acceptors (Lipinski definition) is 7. The second-order valence-corrected chi connectivity index (χ2v) is 12.0. The van der Waals surface area contributed by atoms with Gasteiger partial charge in [0.25, 0.3) is 11.8 Å². The topological polar surface area (TPSA) is 109 Å². The molecule has 4 aromatic rings. The summed E-state index contributed by atoms with van der Waals surface area (Å²) in [6.45, 7) is 5.41. The minimum Gasteiger partial charge on any atom is -0.351 e. The smallest absolute Gasteiger partial charge is 0.260 e. The molecule has 4 aliphatic rings. The molecular weight excluding hydrogens is 512 g/mol. The van der Waals surface area contributed by atoms with E-state index < -0.39 is 0 Å². The van der Waals surface area contributed by atoms with Crippen molar-refractivity contribution in [1.29, 1.82) is 0 Å². The first-order valence-corrected chi connectivity index (χ1v) is 14.7. The highest BCUT2D eigenvalue weighted by Gasteiger charge is 2.33. The van der Waals surface area contributed by atoms with Crippen molar-refractivity contribution in [3.8, 4) is 10.4 Å². The third kappa shape index (κ3) is 4.53. The van der Waals surface area contributed by atoms with Crippen LogP contribution in [0.5, 0.6) is 0 Å². The third-order valence-electron chi connectivity index (χ3n) is 8.55. The number of anilines is 1. The Morgan fingerprint density at radius 3 is 2.79 bits per heavy atom. The average Bonchev–Trinajstić information content (AvgIpc) is 3.72. The van der Waals surface area contributed by atoms with Crippen LogP contribution in [0.25, 0.3) is 15.3 Å². The highest BCUT2D eigenvalue weighted by atomic mass is 32.1. The van der Waals surface area contributed by atoms with Crippen molar-refractivity contribution in [1.82, 2.24) is 34.6 Å². The van der Waals surface area contributed by atoms with Gasteiger partial charge in [0.1, 0.15) is 4.83 Å². The van der Waals surface area contributed by atoms with Gasteiger partial charge in [-0.1, -0.05) is 0 Å². The van der Waals surface area contributed by atoms with Crippen LogP contribution in [0, 0.1) is 12.8 Å². The fraction of sp³-hybridized carbons (Fsp3) is 0.464. The number of fused-ring (bicyclic) bond motifs is 5. The molecule has 0 radical (unpaired) electrons. The zero-order valence-corrected chi connectivity index (χ0v) is 22.8. The van der Waals surface area contributed by atoms with Crippen molar-refractivity contribution >= 4 is 33.7 Å². The molecule has 2 amide bonds. The van der Waals surface area contributed by atoms with Crippen LogP contribution in [0.4, 0.5) is 5.69 Å². The number of rotatable bonds is 7. The minimum absolute atomic E-state index is 0.176. The molecule has 0 aromatic carbocycles. The molecule has 39 heavy (non-hydrogen) atoms.